The maximum absolute atomic E-state index is 12.4. The second-order valence-corrected chi connectivity index (χ2v) is 5.37. The van der Waals surface area contributed by atoms with Crippen molar-refractivity contribution >= 4 is 11.6 Å². The van der Waals surface area contributed by atoms with E-state index < -0.39 is 5.41 Å². The van der Waals surface area contributed by atoms with E-state index in [1.54, 1.807) is 0 Å². The summed E-state index contributed by atoms with van der Waals surface area (Å²) in [6.45, 7) is 5.31. The first-order chi connectivity index (χ1) is 9.56. The molecule has 5 nitrogen and oxygen atoms in total. The fourth-order valence-corrected chi connectivity index (χ4v) is 2.08. The molecule has 1 heterocycles. The summed E-state index contributed by atoms with van der Waals surface area (Å²) in [5.74, 6) is 0.636. The summed E-state index contributed by atoms with van der Waals surface area (Å²) in [7, 11) is 0. The van der Waals surface area contributed by atoms with Crippen molar-refractivity contribution in [2.45, 2.75) is 26.3 Å². The van der Waals surface area contributed by atoms with Crippen molar-refractivity contribution in [1.29, 1.82) is 0 Å². The van der Waals surface area contributed by atoms with Crippen LogP contribution in [0.25, 0.3) is 0 Å². The van der Waals surface area contributed by atoms with E-state index in [0.717, 1.165) is 12.2 Å². The Morgan fingerprint density at radius 3 is 3.05 bits per heavy atom. The Kier molecular flexibility index (Phi) is 4.62. The molecule has 20 heavy (non-hydrogen) atoms. The Morgan fingerprint density at radius 2 is 2.40 bits per heavy atom. The Morgan fingerprint density at radius 1 is 1.60 bits per heavy atom. The zero-order valence-corrected chi connectivity index (χ0v) is 12.0. The van der Waals surface area contributed by atoms with Crippen LogP contribution in [0.2, 0.25) is 0 Å². The number of amides is 1. The van der Waals surface area contributed by atoms with Crippen LogP contribution in [0.5, 0.6) is 5.75 Å². The van der Waals surface area contributed by atoms with Gasteiger partial charge in [-0.25, -0.2) is 0 Å². The van der Waals surface area contributed by atoms with Crippen LogP contribution in [-0.2, 0) is 9.53 Å². The summed E-state index contributed by atoms with van der Waals surface area (Å²) in [5.41, 5.74) is 5.98. The van der Waals surface area contributed by atoms with Gasteiger partial charge in [-0.3, -0.25) is 4.79 Å². The molecule has 0 aromatic heterocycles. The molecule has 1 aromatic rings. The smallest absolute Gasteiger partial charge is 0.234 e. The standard InChI is InChI=1S/C15H22N2O3/c1-3-7-20-12-6-4-5-11(8-12)17-14(18)15(2)10-19-9-13(15)16/h4-6,8,13H,3,7,9-10,16H2,1-2H3,(H,17,18). The maximum atomic E-state index is 12.4. The third-order valence-corrected chi connectivity index (χ3v) is 3.60. The first-order valence-electron chi connectivity index (χ1n) is 6.94. The molecule has 1 aliphatic heterocycles. The summed E-state index contributed by atoms with van der Waals surface area (Å²) in [6.07, 6.45) is 0.945. The van der Waals surface area contributed by atoms with Gasteiger partial charge in [-0.15, -0.1) is 0 Å². The maximum Gasteiger partial charge on any atom is 0.234 e. The second kappa shape index (κ2) is 6.24. The number of anilines is 1. The molecule has 5 heteroatoms. The summed E-state index contributed by atoms with van der Waals surface area (Å²) >= 11 is 0. The molecule has 2 unspecified atom stereocenters. The van der Waals surface area contributed by atoms with Gasteiger partial charge in [0.05, 0.1) is 25.2 Å². The number of hydrogen-bond donors (Lipinski definition) is 2. The molecule has 110 valence electrons. The normalized spacial score (nSPS) is 25.4. The fourth-order valence-electron chi connectivity index (χ4n) is 2.08. The van der Waals surface area contributed by atoms with Crippen LogP contribution in [-0.4, -0.2) is 31.8 Å². The van der Waals surface area contributed by atoms with Gasteiger partial charge in [-0.05, 0) is 25.5 Å². The molecule has 2 rings (SSSR count). The average molecular weight is 278 g/mol. The number of carbonyl (C=O) groups excluding carboxylic acids is 1. The fraction of sp³-hybridized carbons (Fsp3) is 0.533. The van der Waals surface area contributed by atoms with E-state index in [1.807, 2.05) is 38.1 Å². The Hall–Kier alpha value is -1.59. The molecule has 1 fully saturated rings. The van der Waals surface area contributed by atoms with Gasteiger partial charge in [0.25, 0.3) is 0 Å². The van der Waals surface area contributed by atoms with Crippen molar-refractivity contribution in [3.8, 4) is 5.75 Å². The number of nitrogens with two attached hydrogens (primary N) is 1. The van der Waals surface area contributed by atoms with E-state index in [1.165, 1.54) is 0 Å². The van der Waals surface area contributed by atoms with E-state index in [2.05, 4.69) is 5.32 Å². The predicted molar refractivity (Wildman–Crippen MR) is 77.8 cm³/mol. The zero-order valence-electron chi connectivity index (χ0n) is 12.0. The van der Waals surface area contributed by atoms with Gasteiger partial charge in [-0.1, -0.05) is 13.0 Å². The lowest BCUT2D eigenvalue weighted by Crippen LogP contribution is -2.47. The monoisotopic (exact) mass is 278 g/mol. The topological polar surface area (TPSA) is 73.6 Å². The van der Waals surface area contributed by atoms with Gasteiger partial charge in [0.1, 0.15) is 5.75 Å². The molecule has 1 aromatic carbocycles. The van der Waals surface area contributed by atoms with Crippen LogP contribution in [0.15, 0.2) is 24.3 Å². The van der Waals surface area contributed by atoms with Gasteiger partial charge in [-0.2, -0.15) is 0 Å². The minimum atomic E-state index is -0.680. The van der Waals surface area contributed by atoms with Crippen LogP contribution < -0.4 is 15.8 Å². The molecule has 1 amide bonds. The molecule has 1 aliphatic rings. The van der Waals surface area contributed by atoms with Crippen molar-refractivity contribution in [2.24, 2.45) is 11.1 Å². The van der Waals surface area contributed by atoms with Crippen molar-refractivity contribution in [2.75, 3.05) is 25.1 Å². The van der Waals surface area contributed by atoms with E-state index in [9.17, 15) is 4.79 Å². The van der Waals surface area contributed by atoms with E-state index in [4.69, 9.17) is 15.2 Å². The molecule has 0 spiro atoms. The van der Waals surface area contributed by atoms with E-state index >= 15 is 0 Å². The SMILES string of the molecule is CCCOc1cccc(NC(=O)C2(C)COCC2N)c1. The third kappa shape index (κ3) is 3.11. The number of hydrogen-bond acceptors (Lipinski definition) is 4. The van der Waals surface area contributed by atoms with Crippen molar-refractivity contribution in [3.05, 3.63) is 24.3 Å². The highest BCUT2D eigenvalue weighted by Gasteiger charge is 2.44. The Bertz CT molecular complexity index is 478. The van der Waals surface area contributed by atoms with Crippen LogP contribution in [0.4, 0.5) is 5.69 Å². The van der Waals surface area contributed by atoms with Crippen LogP contribution in [0.1, 0.15) is 20.3 Å². The largest absolute Gasteiger partial charge is 0.494 e. The van der Waals surface area contributed by atoms with Gasteiger partial charge in [0.2, 0.25) is 5.91 Å². The van der Waals surface area contributed by atoms with Crippen molar-refractivity contribution in [1.82, 2.24) is 0 Å². The second-order valence-electron chi connectivity index (χ2n) is 5.37. The van der Waals surface area contributed by atoms with Crippen LogP contribution >= 0.6 is 0 Å². The Labute approximate surface area is 119 Å². The summed E-state index contributed by atoms with van der Waals surface area (Å²) in [5, 5.41) is 2.89. The first kappa shape index (κ1) is 14.8. The zero-order chi connectivity index (χ0) is 14.6. The van der Waals surface area contributed by atoms with Crippen molar-refractivity contribution < 1.29 is 14.3 Å². The number of benzene rings is 1. The lowest BCUT2D eigenvalue weighted by molar-refractivity contribution is -0.125. The van der Waals surface area contributed by atoms with Crippen molar-refractivity contribution in [3.63, 3.8) is 0 Å². The lowest BCUT2D eigenvalue weighted by atomic mass is 9.85. The average Bonchev–Trinajstić information content (AvgIpc) is 2.78. The van der Waals surface area contributed by atoms with Crippen LogP contribution in [0, 0.1) is 5.41 Å². The molecule has 0 saturated carbocycles. The quantitative estimate of drug-likeness (QED) is 0.861. The minimum absolute atomic E-state index is 0.116. The van der Waals surface area contributed by atoms with E-state index in [0.29, 0.717) is 25.5 Å². The molecule has 1 saturated heterocycles. The molecule has 0 bridgehead atoms. The minimum Gasteiger partial charge on any atom is -0.494 e. The first-order valence-corrected chi connectivity index (χ1v) is 6.94. The summed E-state index contributed by atoms with van der Waals surface area (Å²) in [4.78, 5) is 12.4. The van der Waals surface area contributed by atoms with Gasteiger partial charge >= 0.3 is 0 Å². The number of rotatable bonds is 5. The summed E-state index contributed by atoms with van der Waals surface area (Å²) in [6, 6.07) is 7.10. The molecular formula is C15H22N2O3. The Balaban J connectivity index is 2.04. The number of nitrogens with one attached hydrogen (secondary N) is 1. The van der Waals surface area contributed by atoms with E-state index in [-0.39, 0.29) is 11.9 Å². The molecule has 0 radical (unpaired) electrons. The predicted octanol–water partition coefficient (Wildman–Crippen LogP) is 1.78. The highest BCUT2D eigenvalue weighted by atomic mass is 16.5. The molecular weight excluding hydrogens is 256 g/mol. The molecule has 0 aliphatic carbocycles. The lowest BCUT2D eigenvalue weighted by Gasteiger charge is -2.25. The van der Waals surface area contributed by atoms with Crippen LogP contribution in [0.3, 0.4) is 0 Å². The summed E-state index contributed by atoms with van der Waals surface area (Å²) < 4.78 is 10.8. The highest BCUT2D eigenvalue weighted by Crippen LogP contribution is 2.29. The molecule has 2 atom stereocenters. The van der Waals surface area contributed by atoms with Gasteiger partial charge < -0.3 is 20.5 Å². The highest BCUT2D eigenvalue weighted by molar-refractivity contribution is 5.96. The number of ether oxygens (including phenoxy) is 2. The van der Waals surface area contributed by atoms with Gasteiger partial charge in [0, 0.05) is 17.8 Å². The molecule has 3 N–H and O–H groups in total. The van der Waals surface area contributed by atoms with Gasteiger partial charge in [0.15, 0.2) is 0 Å². The number of carbonyl (C=O) groups is 1. The third-order valence-electron chi connectivity index (χ3n) is 3.60.